The molecule has 1 nitrogen and oxygen atoms in total. The van der Waals surface area contributed by atoms with Crippen molar-refractivity contribution < 1.29 is 0 Å². The van der Waals surface area contributed by atoms with Gasteiger partial charge in [-0.3, -0.25) is 0 Å². The van der Waals surface area contributed by atoms with E-state index in [0.717, 1.165) is 11.3 Å². The van der Waals surface area contributed by atoms with E-state index in [2.05, 4.69) is 26.1 Å². The van der Waals surface area contributed by atoms with E-state index in [9.17, 15) is 0 Å². The van der Waals surface area contributed by atoms with Crippen molar-refractivity contribution in [3.8, 4) is 0 Å². The first-order valence-electron chi connectivity index (χ1n) is 3.26. The van der Waals surface area contributed by atoms with E-state index in [1.54, 1.807) is 0 Å². The maximum absolute atomic E-state index is 5.13. The summed E-state index contributed by atoms with van der Waals surface area (Å²) >= 11 is 5.13. The molecule has 0 unspecified atom stereocenters. The van der Waals surface area contributed by atoms with Gasteiger partial charge in [-0.15, -0.1) is 0 Å². The van der Waals surface area contributed by atoms with Gasteiger partial charge in [0.2, 0.25) is 0 Å². The predicted molar refractivity (Wildman–Crippen MR) is 46.0 cm³/mol. The highest BCUT2D eigenvalue weighted by Crippen LogP contribution is 2.06. The third kappa shape index (κ3) is 2.41. The highest BCUT2D eigenvalue weighted by atomic mass is 32.1. The van der Waals surface area contributed by atoms with E-state index in [4.69, 9.17) is 12.2 Å². The van der Waals surface area contributed by atoms with Crippen LogP contribution in [0, 0.1) is 0 Å². The van der Waals surface area contributed by atoms with Crippen molar-refractivity contribution in [2.45, 2.75) is 32.7 Å². The van der Waals surface area contributed by atoms with Crippen molar-refractivity contribution in [3.05, 3.63) is 0 Å². The molecule has 0 saturated heterocycles. The van der Waals surface area contributed by atoms with Crippen molar-refractivity contribution in [3.63, 3.8) is 0 Å². The van der Waals surface area contributed by atoms with Crippen LogP contribution in [0.2, 0.25) is 0 Å². The number of rotatable bonds is 3. The highest BCUT2D eigenvalue weighted by molar-refractivity contribution is 7.80. The first-order valence-corrected chi connectivity index (χ1v) is 3.67. The second-order valence-electron chi connectivity index (χ2n) is 2.65. The summed E-state index contributed by atoms with van der Waals surface area (Å²) in [5.41, 5.74) is 0.0318. The van der Waals surface area contributed by atoms with Crippen molar-refractivity contribution in [2.75, 3.05) is 7.05 Å². The van der Waals surface area contributed by atoms with E-state index in [-0.39, 0.29) is 5.54 Å². The summed E-state index contributed by atoms with van der Waals surface area (Å²) in [6.45, 7) is 6.28. The minimum atomic E-state index is 0.0318. The smallest absolute Gasteiger partial charge is 0.0438 e. The van der Waals surface area contributed by atoms with Gasteiger partial charge in [0.1, 0.15) is 0 Å². The van der Waals surface area contributed by atoms with Crippen molar-refractivity contribution in [1.29, 1.82) is 0 Å². The van der Waals surface area contributed by atoms with Crippen LogP contribution in [0.3, 0.4) is 0 Å². The molecule has 2 heteroatoms. The van der Waals surface area contributed by atoms with Crippen LogP contribution in [0.5, 0.6) is 0 Å². The number of hydrogen-bond acceptors (Lipinski definition) is 2. The van der Waals surface area contributed by atoms with E-state index in [0.29, 0.717) is 0 Å². The van der Waals surface area contributed by atoms with E-state index in [1.165, 1.54) is 0 Å². The Kier molecular flexibility index (Phi) is 3.30. The quantitative estimate of drug-likeness (QED) is 0.607. The molecule has 0 spiro atoms. The molecule has 0 aromatic carbocycles. The molecule has 0 heterocycles. The summed E-state index contributed by atoms with van der Waals surface area (Å²) in [5, 5.41) is 3.15. The van der Waals surface area contributed by atoms with Crippen LogP contribution < -0.4 is 5.32 Å². The fourth-order valence-corrected chi connectivity index (χ4v) is 0.683. The van der Waals surface area contributed by atoms with Gasteiger partial charge in [-0.2, -0.15) is 0 Å². The second kappa shape index (κ2) is 3.28. The van der Waals surface area contributed by atoms with E-state index < -0.39 is 0 Å². The minimum Gasteiger partial charge on any atom is -0.310 e. The third-order valence-corrected chi connectivity index (χ3v) is 2.44. The third-order valence-electron chi connectivity index (χ3n) is 1.64. The maximum atomic E-state index is 5.13. The van der Waals surface area contributed by atoms with Gasteiger partial charge in [0.25, 0.3) is 0 Å². The van der Waals surface area contributed by atoms with Gasteiger partial charge in [0, 0.05) is 10.4 Å². The summed E-state index contributed by atoms with van der Waals surface area (Å²) in [4.78, 5) is 1.09. The molecule has 0 saturated carbocycles. The molecule has 9 heavy (non-hydrogen) atoms. The molecule has 0 aliphatic heterocycles. The van der Waals surface area contributed by atoms with E-state index in [1.807, 2.05) is 7.05 Å². The fourth-order valence-electron chi connectivity index (χ4n) is 0.581. The van der Waals surface area contributed by atoms with Crippen molar-refractivity contribution >= 4 is 17.1 Å². The molecule has 0 aromatic heterocycles. The maximum Gasteiger partial charge on any atom is 0.0438 e. The SMILES string of the molecule is CCC(=S)C(C)(C)NC. The summed E-state index contributed by atoms with van der Waals surface area (Å²) in [5.74, 6) is 0. The van der Waals surface area contributed by atoms with Crippen LogP contribution >= 0.6 is 12.2 Å². The highest BCUT2D eigenvalue weighted by Gasteiger charge is 2.18. The van der Waals surface area contributed by atoms with Crippen molar-refractivity contribution in [2.24, 2.45) is 0 Å². The van der Waals surface area contributed by atoms with Gasteiger partial charge in [-0.25, -0.2) is 0 Å². The van der Waals surface area contributed by atoms with Crippen LogP contribution in [-0.2, 0) is 0 Å². The molecular formula is C7H15NS. The van der Waals surface area contributed by atoms with Gasteiger partial charge in [0.05, 0.1) is 0 Å². The predicted octanol–water partition coefficient (Wildman–Crippen LogP) is 1.76. The molecule has 0 atom stereocenters. The topological polar surface area (TPSA) is 12.0 Å². The lowest BCUT2D eigenvalue weighted by Gasteiger charge is -2.24. The molecule has 54 valence electrons. The summed E-state index contributed by atoms with van der Waals surface area (Å²) in [6.07, 6.45) is 0.975. The van der Waals surface area contributed by atoms with Gasteiger partial charge in [-0.1, -0.05) is 19.1 Å². The Balaban J connectivity index is 3.97. The zero-order chi connectivity index (χ0) is 7.49. The first-order chi connectivity index (χ1) is 4.04. The number of thiocarbonyl (C=S) groups is 1. The minimum absolute atomic E-state index is 0.0318. The Morgan fingerprint density at radius 2 is 2.00 bits per heavy atom. The molecule has 0 aliphatic rings. The summed E-state index contributed by atoms with van der Waals surface area (Å²) in [7, 11) is 1.93. The van der Waals surface area contributed by atoms with Gasteiger partial charge < -0.3 is 5.32 Å². The molecule has 0 aromatic rings. The van der Waals surface area contributed by atoms with Crippen LogP contribution in [0.4, 0.5) is 0 Å². The Morgan fingerprint density at radius 3 is 2.11 bits per heavy atom. The Morgan fingerprint density at radius 1 is 1.56 bits per heavy atom. The fraction of sp³-hybridized carbons (Fsp3) is 0.857. The lowest BCUT2D eigenvalue weighted by molar-refractivity contribution is 0.563. The van der Waals surface area contributed by atoms with Crippen molar-refractivity contribution in [1.82, 2.24) is 5.32 Å². The van der Waals surface area contributed by atoms with Crippen LogP contribution in [0.15, 0.2) is 0 Å². The van der Waals surface area contributed by atoms with Crippen LogP contribution in [0.25, 0.3) is 0 Å². The lowest BCUT2D eigenvalue weighted by Crippen LogP contribution is -2.43. The number of nitrogens with one attached hydrogen (secondary N) is 1. The van der Waals surface area contributed by atoms with Crippen LogP contribution in [-0.4, -0.2) is 17.5 Å². The average Bonchev–Trinajstić information content (AvgIpc) is 1.86. The molecule has 0 amide bonds. The lowest BCUT2D eigenvalue weighted by atomic mass is 9.99. The Bertz CT molecular complexity index is 107. The van der Waals surface area contributed by atoms with Gasteiger partial charge in [0.15, 0.2) is 0 Å². The molecule has 0 aliphatic carbocycles. The van der Waals surface area contributed by atoms with Gasteiger partial charge in [-0.05, 0) is 27.3 Å². The Hall–Kier alpha value is 0.0500. The molecule has 1 N–H and O–H groups in total. The molecule has 0 fully saturated rings. The monoisotopic (exact) mass is 145 g/mol. The molecule has 0 radical (unpaired) electrons. The van der Waals surface area contributed by atoms with Crippen LogP contribution in [0.1, 0.15) is 27.2 Å². The normalized spacial score (nSPS) is 11.6. The zero-order valence-electron chi connectivity index (χ0n) is 6.62. The standard InChI is InChI=1S/C7H15NS/c1-5-6(9)7(2,3)8-4/h8H,5H2,1-4H3. The molecule has 0 rings (SSSR count). The summed E-state index contributed by atoms with van der Waals surface area (Å²) in [6, 6.07) is 0. The first kappa shape index (κ1) is 9.05. The zero-order valence-corrected chi connectivity index (χ0v) is 7.43. The molecular weight excluding hydrogens is 130 g/mol. The Labute approximate surface area is 62.8 Å². The second-order valence-corrected chi connectivity index (χ2v) is 3.14. The largest absolute Gasteiger partial charge is 0.310 e. The molecule has 0 bridgehead atoms. The summed E-state index contributed by atoms with van der Waals surface area (Å²) < 4.78 is 0. The number of hydrogen-bond donors (Lipinski definition) is 1. The average molecular weight is 145 g/mol. The van der Waals surface area contributed by atoms with E-state index >= 15 is 0 Å². The van der Waals surface area contributed by atoms with Gasteiger partial charge >= 0.3 is 0 Å².